The van der Waals surface area contributed by atoms with Crippen LogP contribution in [0.2, 0.25) is 0 Å². The first kappa shape index (κ1) is 35.6. The Labute approximate surface area is 273 Å². The minimum Gasteiger partial charge on any atom is -0.507 e. The van der Waals surface area contributed by atoms with Crippen LogP contribution in [0.5, 0.6) is 28.7 Å². The van der Waals surface area contributed by atoms with Crippen LogP contribution in [0.1, 0.15) is 13.3 Å². The molecule has 2 aromatic carbocycles. The summed E-state index contributed by atoms with van der Waals surface area (Å²) in [5, 5.41) is 101. The number of aliphatic hydroxyl groups is 6. The summed E-state index contributed by atoms with van der Waals surface area (Å²) >= 11 is 0. The highest BCUT2D eigenvalue weighted by Crippen LogP contribution is 2.40. The predicted octanol–water partition coefficient (Wildman–Crippen LogP) is -2.01. The van der Waals surface area contributed by atoms with Crippen molar-refractivity contribution in [3.05, 3.63) is 40.6 Å². The Hall–Kier alpha value is -4.73. The molecule has 2 aliphatic rings. The highest BCUT2D eigenvalue weighted by Gasteiger charge is 2.47. The van der Waals surface area contributed by atoms with Crippen molar-refractivity contribution >= 4 is 22.9 Å². The third-order valence-electron chi connectivity index (χ3n) is 7.81. The first-order valence-corrected chi connectivity index (χ1v) is 14.5. The Morgan fingerprint density at radius 3 is 2.08 bits per heavy atom. The number of hydrogen-bond acceptors (Lipinski definition) is 18. The standard InChI is InChI=1S/C30H32O19/c1-9-20(37)23(40)25(42)29(45-9)46-11-5-14(33)19-15(6-11)47-27(10-2-3-12(31)13(32)4-10)28(22(19)39)49-30-26(43)24(41)21(38)16(48-30)8-44-18(36)7-17(34)35/h2-6,9,16,20-21,23-26,29-33,37-38,40-43H,7-8H2,1H3,(H,34,35)/t9?,16?,20-,21+,23-,24?,25?,26?,29-,30-/m0/s1. The first-order chi connectivity index (χ1) is 23.1. The number of aliphatic hydroxyl groups excluding tert-OH is 6. The summed E-state index contributed by atoms with van der Waals surface area (Å²) in [6.45, 7) is 0.606. The number of aromatic hydroxyl groups is 3. The van der Waals surface area contributed by atoms with Crippen molar-refractivity contribution in [2.75, 3.05) is 6.61 Å². The predicted molar refractivity (Wildman–Crippen MR) is 156 cm³/mol. The fourth-order valence-electron chi connectivity index (χ4n) is 5.15. The van der Waals surface area contributed by atoms with E-state index in [2.05, 4.69) is 0 Å². The fraction of sp³-hybridized carbons (Fsp3) is 0.433. The second-order valence-electron chi connectivity index (χ2n) is 11.3. The Morgan fingerprint density at radius 2 is 1.43 bits per heavy atom. The van der Waals surface area contributed by atoms with Crippen molar-refractivity contribution in [2.24, 2.45) is 0 Å². The maximum atomic E-state index is 13.9. The summed E-state index contributed by atoms with van der Waals surface area (Å²) in [5.41, 5.74) is -1.61. The number of carboxylic acid groups (broad SMARTS) is 1. The minimum atomic E-state index is -2.06. The van der Waals surface area contributed by atoms with Gasteiger partial charge in [0.05, 0.1) is 6.10 Å². The van der Waals surface area contributed by atoms with Crippen molar-refractivity contribution in [1.82, 2.24) is 0 Å². The van der Waals surface area contributed by atoms with Gasteiger partial charge >= 0.3 is 11.9 Å². The number of hydrogen-bond donors (Lipinski definition) is 10. The molecule has 5 unspecified atom stereocenters. The van der Waals surface area contributed by atoms with Crippen LogP contribution in [-0.4, -0.2) is 131 Å². The summed E-state index contributed by atoms with van der Waals surface area (Å²) in [6.07, 6.45) is -17.9. The van der Waals surface area contributed by atoms with E-state index in [1.54, 1.807) is 0 Å². The molecular formula is C30H32O19. The van der Waals surface area contributed by atoms with Crippen LogP contribution in [0.15, 0.2) is 39.5 Å². The van der Waals surface area contributed by atoms with Crippen LogP contribution in [0, 0.1) is 0 Å². The van der Waals surface area contributed by atoms with E-state index in [9.17, 15) is 60.3 Å². The van der Waals surface area contributed by atoms with Crippen LogP contribution < -0.4 is 14.9 Å². The Balaban J connectivity index is 1.54. The lowest BCUT2D eigenvalue weighted by Gasteiger charge is -2.39. The summed E-state index contributed by atoms with van der Waals surface area (Å²) in [7, 11) is 0. The first-order valence-electron chi connectivity index (χ1n) is 14.5. The molecule has 0 amide bonds. The molecule has 2 saturated heterocycles. The summed E-state index contributed by atoms with van der Waals surface area (Å²) in [5.74, 6) is -6.23. The van der Waals surface area contributed by atoms with Crippen molar-refractivity contribution in [2.45, 2.75) is 74.8 Å². The van der Waals surface area contributed by atoms with Gasteiger partial charge in [-0.3, -0.25) is 14.4 Å². The highest BCUT2D eigenvalue weighted by atomic mass is 16.7. The van der Waals surface area contributed by atoms with Crippen molar-refractivity contribution < 1.29 is 88.8 Å². The van der Waals surface area contributed by atoms with Crippen LogP contribution in [-0.2, 0) is 23.8 Å². The topological polar surface area (TPSA) is 313 Å². The molecule has 3 heterocycles. The van der Waals surface area contributed by atoms with Crippen molar-refractivity contribution in [1.29, 1.82) is 0 Å². The van der Waals surface area contributed by atoms with Crippen molar-refractivity contribution in [3.8, 4) is 40.1 Å². The van der Waals surface area contributed by atoms with Gasteiger partial charge in [-0.15, -0.1) is 0 Å². The molecule has 1 aromatic heterocycles. The molecule has 266 valence electrons. The van der Waals surface area contributed by atoms with Gasteiger partial charge in [0.15, 0.2) is 17.3 Å². The molecule has 10 N–H and O–H groups in total. The molecule has 2 fully saturated rings. The zero-order valence-electron chi connectivity index (χ0n) is 25.2. The van der Waals surface area contributed by atoms with Gasteiger partial charge in [0, 0.05) is 17.7 Å². The zero-order valence-corrected chi connectivity index (χ0v) is 25.2. The molecule has 49 heavy (non-hydrogen) atoms. The second kappa shape index (κ2) is 14.0. The fourth-order valence-corrected chi connectivity index (χ4v) is 5.15. The SMILES string of the molecule is CC1O[C@@H](Oc2cc(O)c3c(=O)c(O[C@@H]4OC(COC(=O)CC(=O)O)[C@@H](O)C(O)C4O)c(-c4ccc(O)c(O)c4)oc3c2)C(O)[C@@H](O)[C@H]1O. The average molecular weight is 697 g/mol. The lowest BCUT2D eigenvalue weighted by molar-refractivity contribution is -0.278. The van der Waals surface area contributed by atoms with E-state index >= 15 is 0 Å². The van der Waals surface area contributed by atoms with Gasteiger partial charge < -0.3 is 79.2 Å². The zero-order chi connectivity index (χ0) is 35.9. The van der Waals surface area contributed by atoms with E-state index in [1.807, 2.05) is 0 Å². The molecule has 0 radical (unpaired) electrons. The molecule has 3 aromatic rings. The summed E-state index contributed by atoms with van der Waals surface area (Å²) < 4.78 is 32.8. The van der Waals surface area contributed by atoms with Crippen LogP contribution >= 0.6 is 0 Å². The van der Waals surface area contributed by atoms with Gasteiger partial charge in [-0.05, 0) is 25.1 Å². The molecular weight excluding hydrogens is 664 g/mol. The quantitative estimate of drug-likeness (QED) is 0.0656. The van der Waals surface area contributed by atoms with Crippen LogP contribution in [0.3, 0.4) is 0 Å². The third-order valence-corrected chi connectivity index (χ3v) is 7.81. The van der Waals surface area contributed by atoms with E-state index < -0.39 is 126 Å². The maximum Gasteiger partial charge on any atom is 0.317 e. The molecule has 0 spiro atoms. The molecule has 0 aliphatic carbocycles. The van der Waals surface area contributed by atoms with Gasteiger partial charge in [0.25, 0.3) is 0 Å². The number of fused-ring (bicyclic) bond motifs is 1. The lowest BCUT2D eigenvalue weighted by atomic mass is 9.99. The van der Waals surface area contributed by atoms with Crippen molar-refractivity contribution in [3.63, 3.8) is 0 Å². The van der Waals surface area contributed by atoms with E-state index in [0.717, 1.165) is 24.3 Å². The van der Waals surface area contributed by atoms with Gasteiger partial charge in [-0.1, -0.05) is 0 Å². The molecule has 0 saturated carbocycles. The largest absolute Gasteiger partial charge is 0.507 e. The summed E-state index contributed by atoms with van der Waals surface area (Å²) in [6, 6.07) is 5.21. The number of benzene rings is 2. The van der Waals surface area contributed by atoms with Gasteiger partial charge in [-0.2, -0.15) is 0 Å². The Kier molecular flexibility index (Phi) is 10.2. The molecule has 0 bridgehead atoms. The number of esters is 1. The Bertz CT molecular complexity index is 1770. The van der Waals surface area contributed by atoms with E-state index in [0.29, 0.717) is 0 Å². The van der Waals surface area contributed by atoms with Gasteiger partial charge in [0.2, 0.25) is 23.8 Å². The molecule has 19 heteroatoms. The van der Waals surface area contributed by atoms with E-state index in [1.165, 1.54) is 13.0 Å². The van der Waals surface area contributed by atoms with E-state index in [4.69, 9.17) is 33.2 Å². The van der Waals surface area contributed by atoms with Crippen LogP contribution in [0.4, 0.5) is 0 Å². The minimum absolute atomic E-state index is 0.114. The number of aliphatic carboxylic acids is 1. The summed E-state index contributed by atoms with van der Waals surface area (Å²) in [4.78, 5) is 36.4. The van der Waals surface area contributed by atoms with Gasteiger partial charge in [-0.25, -0.2) is 0 Å². The monoisotopic (exact) mass is 696 g/mol. The number of rotatable bonds is 9. The molecule has 10 atom stereocenters. The molecule has 19 nitrogen and oxygen atoms in total. The van der Waals surface area contributed by atoms with E-state index in [-0.39, 0.29) is 16.9 Å². The molecule has 5 rings (SSSR count). The Morgan fingerprint density at radius 1 is 0.776 bits per heavy atom. The number of carbonyl (C=O) groups excluding carboxylic acids is 1. The third kappa shape index (κ3) is 7.19. The average Bonchev–Trinajstić information content (AvgIpc) is 3.04. The van der Waals surface area contributed by atoms with Crippen LogP contribution in [0.25, 0.3) is 22.3 Å². The number of phenolic OH excluding ortho intramolecular Hbond substituents is 3. The maximum absolute atomic E-state index is 13.9. The second-order valence-corrected chi connectivity index (χ2v) is 11.3. The highest BCUT2D eigenvalue weighted by molar-refractivity contribution is 5.90. The smallest absolute Gasteiger partial charge is 0.317 e. The number of carboxylic acids is 1. The number of ether oxygens (including phenoxy) is 5. The lowest BCUT2D eigenvalue weighted by Crippen LogP contribution is -2.60. The number of carbonyl (C=O) groups is 2. The number of phenols is 3. The van der Waals surface area contributed by atoms with Gasteiger partial charge in [0.1, 0.15) is 78.2 Å². The molecule has 2 aliphatic heterocycles. The normalized spacial score (nSPS) is 30.1.